The van der Waals surface area contributed by atoms with Gasteiger partial charge >= 0.3 is 0 Å². The van der Waals surface area contributed by atoms with Gasteiger partial charge in [0.05, 0.1) is 0 Å². The van der Waals surface area contributed by atoms with E-state index in [-0.39, 0.29) is 5.91 Å². The van der Waals surface area contributed by atoms with E-state index < -0.39 is 17.6 Å². The maximum atomic E-state index is 13.4. The largest absolute Gasteiger partial charge is 0.325 e. The van der Waals surface area contributed by atoms with Crippen molar-refractivity contribution in [2.75, 3.05) is 16.8 Å². The molecule has 1 atom stereocenters. The minimum Gasteiger partial charge on any atom is -0.325 e. The van der Waals surface area contributed by atoms with Crippen molar-refractivity contribution in [3.8, 4) is 0 Å². The molecule has 29 heavy (non-hydrogen) atoms. The molecule has 1 aliphatic rings. The number of nitrogens with one attached hydrogen (secondary N) is 1. The highest BCUT2D eigenvalue weighted by Crippen LogP contribution is 2.30. The van der Waals surface area contributed by atoms with Crippen molar-refractivity contribution >= 4 is 23.2 Å². The van der Waals surface area contributed by atoms with Gasteiger partial charge in [0.15, 0.2) is 0 Å². The molecule has 1 N–H and O–H groups in total. The number of hydrogen-bond donors (Lipinski definition) is 1. The third-order valence-corrected chi connectivity index (χ3v) is 5.13. The number of rotatable bonds is 5. The Morgan fingerprint density at radius 2 is 1.76 bits per heavy atom. The molecule has 2 amide bonds. The van der Waals surface area contributed by atoms with E-state index in [9.17, 15) is 14.0 Å². The normalized spacial score (nSPS) is 16.1. The van der Waals surface area contributed by atoms with Crippen LogP contribution >= 0.6 is 0 Å². The molecule has 1 aliphatic heterocycles. The minimum atomic E-state index is -0.775. The van der Waals surface area contributed by atoms with Gasteiger partial charge in [0.2, 0.25) is 11.8 Å². The fourth-order valence-electron chi connectivity index (χ4n) is 3.70. The average Bonchev–Trinajstić information content (AvgIpc) is 3.10. The van der Waals surface area contributed by atoms with Gasteiger partial charge in [0.1, 0.15) is 11.7 Å². The summed E-state index contributed by atoms with van der Waals surface area (Å²) in [5.41, 5.74) is 3.39. The third-order valence-electron chi connectivity index (χ3n) is 5.13. The number of carbonyl (C=O) groups excluding carboxylic acids is 2. The Labute approximate surface area is 169 Å². The number of para-hydroxylation sites is 1. The summed E-state index contributed by atoms with van der Waals surface area (Å²) < 4.78 is 13.4. The van der Waals surface area contributed by atoms with E-state index in [1.54, 1.807) is 11.0 Å². The zero-order valence-corrected chi connectivity index (χ0v) is 15.8. The van der Waals surface area contributed by atoms with E-state index in [0.29, 0.717) is 25.1 Å². The van der Waals surface area contributed by atoms with Crippen LogP contribution in [0.5, 0.6) is 0 Å². The highest BCUT2D eigenvalue weighted by atomic mass is 19.1. The smallest absolute Gasteiger partial charge is 0.239 e. The quantitative estimate of drug-likeness (QED) is 0.659. The van der Waals surface area contributed by atoms with E-state index in [2.05, 4.69) is 17.4 Å². The lowest BCUT2D eigenvalue weighted by molar-refractivity contribution is -0.129. The Balaban J connectivity index is 1.51. The third kappa shape index (κ3) is 4.19. The van der Waals surface area contributed by atoms with Gasteiger partial charge in [0, 0.05) is 17.9 Å². The second kappa shape index (κ2) is 8.27. The Kier molecular flexibility index (Phi) is 5.38. The molecule has 3 aromatic carbocycles. The number of carbonyl (C=O) groups is 2. The lowest BCUT2D eigenvalue weighted by Crippen LogP contribution is -2.33. The summed E-state index contributed by atoms with van der Waals surface area (Å²) in [5, 5.41) is 2.66. The predicted octanol–water partition coefficient (Wildman–Crippen LogP) is 4.41. The number of anilines is 2. The van der Waals surface area contributed by atoms with Crippen molar-refractivity contribution in [3.05, 3.63) is 95.8 Å². The minimum absolute atomic E-state index is 0.223. The Morgan fingerprint density at radius 3 is 2.55 bits per heavy atom. The molecule has 5 heteroatoms. The maximum absolute atomic E-state index is 13.4. The second-order valence-corrected chi connectivity index (χ2v) is 7.12. The summed E-state index contributed by atoms with van der Waals surface area (Å²) in [7, 11) is 0. The van der Waals surface area contributed by atoms with Crippen LogP contribution in [0.25, 0.3) is 0 Å². The van der Waals surface area contributed by atoms with Crippen LogP contribution in [0, 0.1) is 11.7 Å². The lowest BCUT2D eigenvalue weighted by atomic mass is 10.0. The van der Waals surface area contributed by atoms with E-state index in [4.69, 9.17) is 0 Å². The van der Waals surface area contributed by atoms with Crippen LogP contribution in [0.3, 0.4) is 0 Å². The van der Waals surface area contributed by atoms with E-state index in [0.717, 1.165) is 16.8 Å². The predicted molar refractivity (Wildman–Crippen MR) is 111 cm³/mol. The van der Waals surface area contributed by atoms with Gasteiger partial charge in [-0.25, -0.2) is 4.39 Å². The monoisotopic (exact) mass is 388 g/mol. The summed E-state index contributed by atoms with van der Waals surface area (Å²) in [6, 6.07) is 23.5. The van der Waals surface area contributed by atoms with Gasteiger partial charge < -0.3 is 10.2 Å². The van der Waals surface area contributed by atoms with Crippen LogP contribution in [-0.4, -0.2) is 18.4 Å². The van der Waals surface area contributed by atoms with Crippen molar-refractivity contribution in [2.24, 2.45) is 5.92 Å². The first-order valence-electron chi connectivity index (χ1n) is 9.61. The summed E-state index contributed by atoms with van der Waals surface area (Å²) in [5.74, 6) is -1.83. The van der Waals surface area contributed by atoms with Crippen molar-refractivity contribution in [2.45, 2.75) is 12.8 Å². The first-order valence-corrected chi connectivity index (χ1v) is 9.61. The summed E-state index contributed by atoms with van der Waals surface area (Å²) in [4.78, 5) is 27.3. The number of amides is 2. The van der Waals surface area contributed by atoms with Gasteiger partial charge in [0.25, 0.3) is 0 Å². The van der Waals surface area contributed by atoms with Crippen LogP contribution < -0.4 is 10.2 Å². The molecule has 1 fully saturated rings. The van der Waals surface area contributed by atoms with Gasteiger partial charge in [-0.15, -0.1) is 0 Å². The van der Waals surface area contributed by atoms with Crippen LogP contribution in [0.2, 0.25) is 0 Å². The van der Waals surface area contributed by atoms with Crippen LogP contribution in [0.4, 0.5) is 15.8 Å². The number of hydrogen-bond acceptors (Lipinski definition) is 2. The molecule has 0 bridgehead atoms. The van der Waals surface area contributed by atoms with Crippen LogP contribution in [-0.2, 0) is 16.0 Å². The topological polar surface area (TPSA) is 49.4 Å². The highest BCUT2D eigenvalue weighted by Gasteiger charge is 2.38. The number of halogens is 1. The Hall–Kier alpha value is -3.47. The van der Waals surface area contributed by atoms with Gasteiger partial charge in [-0.2, -0.15) is 0 Å². The van der Waals surface area contributed by atoms with Crippen molar-refractivity contribution < 1.29 is 14.0 Å². The summed E-state index contributed by atoms with van der Waals surface area (Å²) in [6.07, 6.45) is 1.14. The fourth-order valence-corrected chi connectivity index (χ4v) is 3.70. The molecule has 1 heterocycles. The van der Waals surface area contributed by atoms with E-state index >= 15 is 0 Å². The zero-order valence-electron chi connectivity index (χ0n) is 15.8. The maximum Gasteiger partial charge on any atom is 0.239 e. The Bertz CT molecular complexity index is 1040. The lowest BCUT2D eigenvalue weighted by Gasteiger charge is -2.20. The number of nitrogens with zero attached hydrogens (tertiary/aromatic N) is 1. The molecule has 0 spiro atoms. The Morgan fingerprint density at radius 1 is 1.00 bits per heavy atom. The molecular formula is C24H21FN2O2. The molecule has 0 aliphatic carbocycles. The average molecular weight is 388 g/mol. The van der Waals surface area contributed by atoms with E-state index in [1.807, 2.05) is 42.5 Å². The molecule has 1 saturated heterocycles. The highest BCUT2D eigenvalue weighted by molar-refractivity contribution is 6.13. The second-order valence-electron chi connectivity index (χ2n) is 7.12. The fraction of sp³-hybridized carbons (Fsp3) is 0.167. The van der Waals surface area contributed by atoms with Gasteiger partial charge in [-0.3, -0.25) is 9.59 Å². The summed E-state index contributed by atoms with van der Waals surface area (Å²) in [6.45, 7) is 0.478. The first kappa shape index (κ1) is 18.9. The molecule has 0 aromatic heterocycles. The molecule has 146 valence electrons. The van der Waals surface area contributed by atoms with Crippen molar-refractivity contribution in [1.82, 2.24) is 0 Å². The van der Waals surface area contributed by atoms with Crippen LogP contribution in [0.15, 0.2) is 78.9 Å². The van der Waals surface area contributed by atoms with Crippen molar-refractivity contribution in [1.29, 1.82) is 0 Å². The zero-order chi connectivity index (χ0) is 20.2. The first-order chi connectivity index (χ1) is 14.1. The van der Waals surface area contributed by atoms with Gasteiger partial charge in [-0.05, 0) is 48.2 Å². The molecule has 0 saturated carbocycles. The van der Waals surface area contributed by atoms with Crippen LogP contribution in [0.1, 0.15) is 17.5 Å². The van der Waals surface area contributed by atoms with Gasteiger partial charge in [-0.1, -0.05) is 54.6 Å². The summed E-state index contributed by atoms with van der Waals surface area (Å²) >= 11 is 0. The molecule has 0 radical (unpaired) electrons. The number of benzene rings is 3. The molecule has 1 unspecified atom stereocenters. The van der Waals surface area contributed by atoms with E-state index in [1.165, 1.54) is 18.2 Å². The van der Waals surface area contributed by atoms with Crippen molar-refractivity contribution in [3.63, 3.8) is 0 Å². The molecule has 4 nitrogen and oxygen atoms in total. The SMILES string of the molecule is O=C(Nc1cccc(F)c1)C1CCN(c2ccccc2Cc2ccccc2)C1=O. The molecular weight excluding hydrogens is 367 g/mol. The molecule has 4 rings (SSSR count). The standard InChI is InChI=1S/C24H21FN2O2/c25-19-10-6-11-20(16-19)26-23(28)21-13-14-27(24(21)29)22-12-5-4-9-18(22)15-17-7-2-1-3-8-17/h1-12,16,21H,13-15H2,(H,26,28). The molecule has 3 aromatic rings.